The van der Waals surface area contributed by atoms with Gasteiger partial charge in [0.15, 0.2) is 0 Å². The topological polar surface area (TPSA) is 35.2 Å². The van der Waals surface area contributed by atoms with Crippen LogP contribution in [0.1, 0.15) is 30.4 Å². The molecule has 2 N–H and O–H groups in total. The summed E-state index contributed by atoms with van der Waals surface area (Å²) in [4.78, 5) is 0. The molecule has 0 aromatic heterocycles. The molecule has 0 aliphatic heterocycles. The maximum atomic E-state index is 13.5. The fourth-order valence-electron chi connectivity index (χ4n) is 1.61. The molecule has 0 radical (unpaired) electrons. The Bertz CT molecular complexity index is 332. The van der Waals surface area contributed by atoms with Crippen LogP contribution in [-0.4, -0.2) is 13.7 Å². The zero-order valence-corrected chi connectivity index (χ0v) is 9.59. The van der Waals surface area contributed by atoms with Gasteiger partial charge < -0.3 is 10.5 Å². The molecular formula is C12H17F2NO. The molecule has 0 heterocycles. The van der Waals surface area contributed by atoms with E-state index in [1.165, 1.54) is 19.2 Å². The van der Waals surface area contributed by atoms with Crippen LogP contribution in [0.4, 0.5) is 8.78 Å². The molecule has 16 heavy (non-hydrogen) atoms. The maximum Gasteiger partial charge on any atom is 0.131 e. The summed E-state index contributed by atoms with van der Waals surface area (Å²) in [5.74, 6) is -1.05. The lowest BCUT2D eigenvalue weighted by atomic mass is 9.96. The minimum absolute atomic E-state index is 0.0220. The van der Waals surface area contributed by atoms with E-state index in [0.29, 0.717) is 18.5 Å². The number of hydrogen-bond donors (Lipinski definition) is 1. The summed E-state index contributed by atoms with van der Waals surface area (Å²) in [6, 6.07) is 2.72. The number of methoxy groups -OCH3 is 1. The van der Waals surface area contributed by atoms with E-state index in [1.807, 2.05) is 6.92 Å². The third-order valence-corrected chi connectivity index (χ3v) is 2.62. The van der Waals surface area contributed by atoms with Gasteiger partial charge in [-0.05, 0) is 36.6 Å². The second kappa shape index (κ2) is 5.92. The molecule has 0 saturated heterocycles. The monoisotopic (exact) mass is 229 g/mol. The van der Waals surface area contributed by atoms with Crippen molar-refractivity contribution in [2.75, 3.05) is 13.7 Å². The first-order chi connectivity index (χ1) is 7.60. The molecule has 1 aromatic carbocycles. The lowest BCUT2D eigenvalue weighted by Crippen LogP contribution is -2.07. The van der Waals surface area contributed by atoms with Crippen LogP contribution in [-0.2, 0) is 11.3 Å². The van der Waals surface area contributed by atoms with Crippen LogP contribution in [0.3, 0.4) is 0 Å². The van der Waals surface area contributed by atoms with Crippen LogP contribution in [0, 0.1) is 11.6 Å². The van der Waals surface area contributed by atoms with Crippen molar-refractivity contribution >= 4 is 0 Å². The fourth-order valence-corrected chi connectivity index (χ4v) is 1.61. The van der Waals surface area contributed by atoms with E-state index in [-0.39, 0.29) is 18.1 Å². The molecule has 0 aliphatic rings. The number of rotatable bonds is 5. The SMILES string of the molecule is COCc1c(F)cc(C(C)CCN)cc1F. The molecule has 1 aromatic rings. The highest BCUT2D eigenvalue weighted by Gasteiger charge is 2.14. The lowest BCUT2D eigenvalue weighted by Gasteiger charge is -2.13. The summed E-state index contributed by atoms with van der Waals surface area (Å²) in [6.07, 6.45) is 0.711. The zero-order valence-electron chi connectivity index (χ0n) is 9.59. The zero-order chi connectivity index (χ0) is 12.1. The predicted octanol–water partition coefficient (Wildman–Crippen LogP) is 2.56. The van der Waals surface area contributed by atoms with Crippen molar-refractivity contribution in [1.82, 2.24) is 0 Å². The second-order valence-electron chi connectivity index (χ2n) is 3.87. The van der Waals surface area contributed by atoms with Gasteiger partial charge in [-0.1, -0.05) is 6.92 Å². The van der Waals surface area contributed by atoms with E-state index in [0.717, 1.165) is 0 Å². The van der Waals surface area contributed by atoms with Gasteiger partial charge in [-0.15, -0.1) is 0 Å². The number of ether oxygens (including phenoxy) is 1. The van der Waals surface area contributed by atoms with Crippen molar-refractivity contribution in [3.05, 3.63) is 34.9 Å². The van der Waals surface area contributed by atoms with E-state index < -0.39 is 11.6 Å². The summed E-state index contributed by atoms with van der Waals surface area (Å²) in [7, 11) is 1.41. The standard InChI is InChI=1S/C12H17F2NO/c1-8(3-4-15)9-5-11(13)10(7-16-2)12(14)6-9/h5-6,8H,3-4,7,15H2,1-2H3. The molecule has 0 bridgehead atoms. The molecule has 1 rings (SSSR count). The van der Waals surface area contributed by atoms with Crippen molar-refractivity contribution < 1.29 is 13.5 Å². The first-order valence-corrected chi connectivity index (χ1v) is 5.27. The van der Waals surface area contributed by atoms with E-state index in [9.17, 15) is 8.78 Å². The minimum Gasteiger partial charge on any atom is -0.380 e. The molecule has 1 atom stereocenters. The van der Waals surface area contributed by atoms with E-state index in [2.05, 4.69) is 0 Å². The summed E-state index contributed by atoms with van der Waals surface area (Å²) < 4.78 is 31.8. The van der Waals surface area contributed by atoms with Gasteiger partial charge in [0.2, 0.25) is 0 Å². The first kappa shape index (κ1) is 13.1. The van der Waals surface area contributed by atoms with E-state index in [1.54, 1.807) is 0 Å². The largest absolute Gasteiger partial charge is 0.380 e. The molecular weight excluding hydrogens is 212 g/mol. The molecule has 0 aliphatic carbocycles. The molecule has 0 amide bonds. The van der Waals surface area contributed by atoms with Crippen molar-refractivity contribution in [2.45, 2.75) is 25.9 Å². The third-order valence-electron chi connectivity index (χ3n) is 2.62. The summed E-state index contributed by atoms with van der Waals surface area (Å²) in [6.45, 7) is 2.35. The van der Waals surface area contributed by atoms with Gasteiger partial charge in [-0.3, -0.25) is 0 Å². The maximum absolute atomic E-state index is 13.5. The van der Waals surface area contributed by atoms with E-state index in [4.69, 9.17) is 10.5 Å². The fraction of sp³-hybridized carbons (Fsp3) is 0.500. The lowest BCUT2D eigenvalue weighted by molar-refractivity contribution is 0.177. The normalized spacial score (nSPS) is 12.8. The predicted molar refractivity (Wildman–Crippen MR) is 59.2 cm³/mol. The van der Waals surface area contributed by atoms with Gasteiger partial charge in [0.25, 0.3) is 0 Å². The Kier molecular flexibility index (Phi) is 4.83. The van der Waals surface area contributed by atoms with Crippen molar-refractivity contribution in [1.29, 1.82) is 0 Å². The summed E-state index contributed by atoms with van der Waals surface area (Å²) in [5.41, 5.74) is 6.03. The van der Waals surface area contributed by atoms with Crippen LogP contribution in [0.25, 0.3) is 0 Å². The Labute approximate surface area is 94.4 Å². The molecule has 0 spiro atoms. The van der Waals surface area contributed by atoms with Crippen molar-refractivity contribution in [3.8, 4) is 0 Å². The second-order valence-corrected chi connectivity index (χ2v) is 3.87. The van der Waals surface area contributed by atoms with Gasteiger partial charge in [0, 0.05) is 12.7 Å². The molecule has 90 valence electrons. The van der Waals surface area contributed by atoms with Crippen molar-refractivity contribution in [2.24, 2.45) is 5.73 Å². The Morgan fingerprint density at radius 3 is 2.31 bits per heavy atom. The highest BCUT2D eigenvalue weighted by molar-refractivity contribution is 5.28. The average molecular weight is 229 g/mol. The Morgan fingerprint density at radius 2 is 1.88 bits per heavy atom. The van der Waals surface area contributed by atoms with Crippen LogP contribution in [0.15, 0.2) is 12.1 Å². The molecule has 4 heteroatoms. The van der Waals surface area contributed by atoms with Gasteiger partial charge >= 0.3 is 0 Å². The van der Waals surface area contributed by atoms with Gasteiger partial charge in [0.05, 0.1) is 6.61 Å². The van der Waals surface area contributed by atoms with Gasteiger partial charge in [-0.2, -0.15) is 0 Å². The Balaban J connectivity index is 2.99. The van der Waals surface area contributed by atoms with Crippen LogP contribution in [0.5, 0.6) is 0 Å². The first-order valence-electron chi connectivity index (χ1n) is 5.27. The molecule has 0 saturated carbocycles. The number of nitrogens with two attached hydrogens (primary N) is 1. The third kappa shape index (κ3) is 3.00. The quantitative estimate of drug-likeness (QED) is 0.842. The molecule has 0 fully saturated rings. The van der Waals surface area contributed by atoms with Crippen LogP contribution < -0.4 is 5.73 Å². The highest BCUT2D eigenvalue weighted by Crippen LogP contribution is 2.23. The minimum atomic E-state index is -0.555. The number of halogens is 2. The summed E-state index contributed by atoms with van der Waals surface area (Å²) >= 11 is 0. The molecule has 1 unspecified atom stereocenters. The smallest absolute Gasteiger partial charge is 0.131 e. The number of hydrogen-bond acceptors (Lipinski definition) is 2. The van der Waals surface area contributed by atoms with Crippen LogP contribution in [0.2, 0.25) is 0 Å². The molecule has 2 nitrogen and oxygen atoms in total. The number of benzene rings is 1. The summed E-state index contributed by atoms with van der Waals surface area (Å²) in [5, 5.41) is 0. The Morgan fingerprint density at radius 1 is 1.31 bits per heavy atom. The highest BCUT2D eigenvalue weighted by atomic mass is 19.1. The van der Waals surface area contributed by atoms with Gasteiger partial charge in [-0.25, -0.2) is 8.78 Å². The Hall–Kier alpha value is -1.00. The van der Waals surface area contributed by atoms with E-state index >= 15 is 0 Å². The van der Waals surface area contributed by atoms with Crippen LogP contribution >= 0.6 is 0 Å². The average Bonchev–Trinajstić information content (AvgIpc) is 2.23. The van der Waals surface area contributed by atoms with Crippen molar-refractivity contribution in [3.63, 3.8) is 0 Å². The van der Waals surface area contributed by atoms with Gasteiger partial charge in [0.1, 0.15) is 11.6 Å².